The van der Waals surface area contributed by atoms with Crippen LogP contribution in [0.15, 0.2) is 60.7 Å². The molecule has 0 heterocycles. The standard InChI is InChI=1S/C22H32N2/c1(9-17-23-19-15-21-11-5-3-6-12-21)2-10-18-24-20-16-22-13-7-4-8-14-22/h3-8,11-14,23-24H,1-2,9-10,15-20H2. The van der Waals surface area contributed by atoms with Crippen LogP contribution in [0.5, 0.6) is 0 Å². The number of benzene rings is 2. The Morgan fingerprint density at radius 3 is 1.29 bits per heavy atom. The van der Waals surface area contributed by atoms with E-state index < -0.39 is 0 Å². The molecule has 0 fully saturated rings. The van der Waals surface area contributed by atoms with E-state index >= 15 is 0 Å². The van der Waals surface area contributed by atoms with Crippen LogP contribution in [0.2, 0.25) is 0 Å². The van der Waals surface area contributed by atoms with Gasteiger partial charge in [0.2, 0.25) is 0 Å². The lowest BCUT2D eigenvalue weighted by atomic mass is 10.1. The average molecular weight is 325 g/mol. The van der Waals surface area contributed by atoms with Gasteiger partial charge < -0.3 is 10.6 Å². The average Bonchev–Trinajstić information content (AvgIpc) is 2.64. The highest BCUT2D eigenvalue weighted by Crippen LogP contribution is 2.01. The Morgan fingerprint density at radius 2 is 0.875 bits per heavy atom. The summed E-state index contributed by atoms with van der Waals surface area (Å²) < 4.78 is 0. The van der Waals surface area contributed by atoms with Crippen LogP contribution < -0.4 is 10.6 Å². The Hall–Kier alpha value is -1.64. The number of hydrogen-bond acceptors (Lipinski definition) is 2. The quantitative estimate of drug-likeness (QED) is 0.539. The van der Waals surface area contributed by atoms with Crippen molar-refractivity contribution < 1.29 is 0 Å². The third-order valence-corrected chi connectivity index (χ3v) is 4.32. The first-order valence-corrected chi connectivity index (χ1v) is 9.44. The molecular formula is C22H32N2. The van der Waals surface area contributed by atoms with Crippen LogP contribution in [0.1, 0.15) is 36.8 Å². The Bertz CT molecular complexity index is 461. The molecule has 0 aliphatic carbocycles. The van der Waals surface area contributed by atoms with Crippen molar-refractivity contribution in [3.8, 4) is 0 Å². The van der Waals surface area contributed by atoms with Gasteiger partial charge in [0.25, 0.3) is 0 Å². The van der Waals surface area contributed by atoms with Crippen LogP contribution >= 0.6 is 0 Å². The zero-order chi connectivity index (χ0) is 16.7. The highest BCUT2D eigenvalue weighted by molar-refractivity contribution is 5.15. The van der Waals surface area contributed by atoms with Crippen molar-refractivity contribution in [2.24, 2.45) is 0 Å². The van der Waals surface area contributed by atoms with Crippen molar-refractivity contribution in [2.45, 2.75) is 38.5 Å². The summed E-state index contributed by atoms with van der Waals surface area (Å²) in [4.78, 5) is 0. The molecule has 0 aliphatic rings. The van der Waals surface area contributed by atoms with Crippen LogP contribution in [-0.2, 0) is 12.8 Å². The Balaban J connectivity index is 1.32. The topological polar surface area (TPSA) is 24.1 Å². The fraction of sp³-hybridized carbons (Fsp3) is 0.455. The molecule has 0 spiro atoms. The Kier molecular flexibility index (Phi) is 9.93. The molecule has 2 aromatic carbocycles. The molecule has 2 N–H and O–H groups in total. The second-order valence-electron chi connectivity index (χ2n) is 6.39. The first kappa shape index (κ1) is 18.7. The van der Waals surface area contributed by atoms with E-state index in [2.05, 4.69) is 71.3 Å². The summed E-state index contributed by atoms with van der Waals surface area (Å²) in [6.45, 7) is 4.47. The lowest BCUT2D eigenvalue weighted by molar-refractivity contribution is 0.564. The van der Waals surface area contributed by atoms with Crippen LogP contribution in [-0.4, -0.2) is 26.2 Å². The van der Waals surface area contributed by atoms with Crippen molar-refractivity contribution >= 4 is 0 Å². The molecule has 0 aromatic heterocycles. The zero-order valence-electron chi connectivity index (χ0n) is 14.8. The molecule has 0 bridgehead atoms. The van der Waals surface area contributed by atoms with Crippen LogP contribution in [0.25, 0.3) is 0 Å². The van der Waals surface area contributed by atoms with Gasteiger partial charge in [-0.15, -0.1) is 0 Å². The molecule has 2 nitrogen and oxygen atoms in total. The molecule has 0 saturated carbocycles. The minimum atomic E-state index is 1.09. The van der Waals surface area contributed by atoms with Gasteiger partial charge in [0, 0.05) is 0 Å². The number of hydrogen-bond donors (Lipinski definition) is 2. The molecule has 24 heavy (non-hydrogen) atoms. The van der Waals surface area contributed by atoms with Crippen LogP contribution in [0, 0.1) is 0 Å². The van der Waals surface area contributed by atoms with E-state index in [1.165, 1.54) is 36.8 Å². The molecule has 0 radical (unpaired) electrons. The van der Waals surface area contributed by atoms with Gasteiger partial charge in [-0.1, -0.05) is 73.5 Å². The molecule has 0 amide bonds. The first-order valence-electron chi connectivity index (χ1n) is 9.44. The van der Waals surface area contributed by atoms with E-state index in [4.69, 9.17) is 0 Å². The maximum Gasteiger partial charge on any atom is -0.000835 e. The summed E-state index contributed by atoms with van der Waals surface area (Å²) >= 11 is 0. The van der Waals surface area contributed by atoms with Crippen molar-refractivity contribution in [2.75, 3.05) is 26.2 Å². The summed E-state index contributed by atoms with van der Waals surface area (Å²) in [6, 6.07) is 21.4. The minimum absolute atomic E-state index is 1.09. The van der Waals surface area contributed by atoms with Gasteiger partial charge in [-0.3, -0.25) is 0 Å². The van der Waals surface area contributed by atoms with E-state index in [-0.39, 0.29) is 0 Å². The monoisotopic (exact) mass is 324 g/mol. The Labute approximate surface area is 147 Å². The molecule has 2 rings (SSSR count). The second kappa shape index (κ2) is 12.7. The van der Waals surface area contributed by atoms with Gasteiger partial charge in [0.15, 0.2) is 0 Å². The molecule has 0 unspecified atom stereocenters. The van der Waals surface area contributed by atoms with Crippen LogP contribution in [0.3, 0.4) is 0 Å². The highest BCUT2D eigenvalue weighted by atomic mass is 14.8. The molecule has 2 heteroatoms. The van der Waals surface area contributed by atoms with Gasteiger partial charge in [0.1, 0.15) is 0 Å². The largest absolute Gasteiger partial charge is 0.316 e. The molecule has 0 atom stereocenters. The van der Waals surface area contributed by atoms with Crippen molar-refractivity contribution in [1.82, 2.24) is 10.6 Å². The molecular weight excluding hydrogens is 292 g/mol. The van der Waals surface area contributed by atoms with Gasteiger partial charge in [-0.25, -0.2) is 0 Å². The maximum atomic E-state index is 3.55. The maximum absolute atomic E-state index is 3.55. The van der Waals surface area contributed by atoms with Gasteiger partial charge in [-0.05, 0) is 63.0 Å². The number of unbranched alkanes of at least 4 members (excludes halogenated alkanes) is 3. The lowest BCUT2D eigenvalue weighted by Gasteiger charge is -2.06. The summed E-state index contributed by atoms with van der Waals surface area (Å²) in [5.74, 6) is 0. The summed E-state index contributed by atoms with van der Waals surface area (Å²) in [7, 11) is 0. The van der Waals surface area contributed by atoms with Crippen LogP contribution in [0.4, 0.5) is 0 Å². The normalized spacial score (nSPS) is 10.8. The molecule has 130 valence electrons. The smallest absolute Gasteiger partial charge is 0.000835 e. The van der Waals surface area contributed by atoms with Crippen molar-refractivity contribution in [1.29, 1.82) is 0 Å². The molecule has 0 aliphatic heterocycles. The van der Waals surface area contributed by atoms with E-state index in [1.807, 2.05) is 0 Å². The predicted octanol–water partition coefficient (Wildman–Crippen LogP) is 4.21. The van der Waals surface area contributed by atoms with E-state index in [9.17, 15) is 0 Å². The molecule has 2 aromatic rings. The van der Waals surface area contributed by atoms with Gasteiger partial charge in [-0.2, -0.15) is 0 Å². The van der Waals surface area contributed by atoms with Crippen molar-refractivity contribution in [3.63, 3.8) is 0 Å². The van der Waals surface area contributed by atoms with E-state index in [1.54, 1.807) is 0 Å². The van der Waals surface area contributed by atoms with Crippen molar-refractivity contribution in [3.05, 3.63) is 71.8 Å². The minimum Gasteiger partial charge on any atom is -0.316 e. The lowest BCUT2D eigenvalue weighted by Crippen LogP contribution is -2.19. The predicted molar refractivity (Wildman–Crippen MR) is 104 cm³/mol. The highest BCUT2D eigenvalue weighted by Gasteiger charge is 1.94. The number of rotatable bonds is 13. The summed E-state index contributed by atoms with van der Waals surface area (Å²) in [6.07, 6.45) is 7.51. The number of nitrogens with one attached hydrogen (secondary N) is 2. The summed E-state index contributed by atoms with van der Waals surface area (Å²) in [5.41, 5.74) is 2.85. The van der Waals surface area contributed by atoms with E-state index in [0.29, 0.717) is 0 Å². The first-order chi connectivity index (χ1) is 11.9. The summed E-state index contributed by atoms with van der Waals surface area (Å²) in [5, 5.41) is 7.10. The second-order valence-corrected chi connectivity index (χ2v) is 6.39. The third-order valence-electron chi connectivity index (χ3n) is 4.32. The van der Waals surface area contributed by atoms with E-state index in [0.717, 1.165) is 39.0 Å². The molecule has 0 saturated heterocycles. The van der Waals surface area contributed by atoms with Gasteiger partial charge >= 0.3 is 0 Å². The van der Waals surface area contributed by atoms with Gasteiger partial charge in [0.05, 0.1) is 0 Å². The third kappa shape index (κ3) is 8.85. The SMILES string of the molecule is c1ccc(CCNCCCCCCNCCc2ccccc2)cc1. The zero-order valence-corrected chi connectivity index (χ0v) is 14.8. The fourth-order valence-corrected chi connectivity index (χ4v) is 2.86. The fourth-order valence-electron chi connectivity index (χ4n) is 2.86. The Morgan fingerprint density at radius 1 is 0.458 bits per heavy atom.